The summed E-state index contributed by atoms with van der Waals surface area (Å²) in [5.74, 6) is 0.275. The van der Waals surface area contributed by atoms with E-state index in [0.29, 0.717) is 29.4 Å². The van der Waals surface area contributed by atoms with Gasteiger partial charge in [0, 0.05) is 25.9 Å². The number of rotatable bonds is 8. The lowest BCUT2D eigenvalue weighted by Gasteiger charge is -2.18. The summed E-state index contributed by atoms with van der Waals surface area (Å²) in [7, 11) is 4.75. The number of carbonyl (C=O) groups excluding carboxylic acids is 1. The van der Waals surface area contributed by atoms with Crippen LogP contribution in [0.2, 0.25) is 0 Å². The van der Waals surface area contributed by atoms with Crippen LogP contribution in [0.1, 0.15) is 11.1 Å². The van der Waals surface area contributed by atoms with Gasteiger partial charge < -0.3 is 19.7 Å². The highest BCUT2D eigenvalue weighted by molar-refractivity contribution is 6.02. The maximum absolute atomic E-state index is 13.4. The second-order valence-corrected chi connectivity index (χ2v) is 6.45. The van der Waals surface area contributed by atoms with Crippen LogP contribution in [0.4, 0.5) is 24.5 Å². The molecule has 0 fully saturated rings. The summed E-state index contributed by atoms with van der Waals surface area (Å²) in [6, 6.07) is 8.74. The van der Waals surface area contributed by atoms with Gasteiger partial charge in [0.1, 0.15) is 6.61 Å². The third-order valence-corrected chi connectivity index (χ3v) is 4.05. The van der Waals surface area contributed by atoms with E-state index in [-0.39, 0.29) is 5.69 Å². The molecule has 2 rings (SSSR count). The van der Waals surface area contributed by atoms with Gasteiger partial charge >= 0.3 is 6.18 Å². The molecule has 0 saturated carbocycles. The smallest absolute Gasteiger partial charge is 0.418 e. The van der Waals surface area contributed by atoms with Gasteiger partial charge in [-0.1, -0.05) is 18.7 Å². The first-order valence-corrected chi connectivity index (χ1v) is 8.95. The normalized spacial score (nSPS) is 11.3. The van der Waals surface area contributed by atoms with E-state index in [0.717, 1.165) is 12.1 Å². The minimum absolute atomic E-state index is 0.308. The molecule has 160 valence electrons. The molecular weight excluding hydrogens is 397 g/mol. The molecule has 1 amide bonds. The van der Waals surface area contributed by atoms with Crippen LogP contribution < -0.4 is 19.7 Å². The fourth-order valence-corrected chi connectivity index (χ4v) is 2.56. The van der Waals surface area contributed by atoms with Gasteiger partial charge in [-0.3, -0.25) is 4.79 Å². The first-order valence-electron chi connectivity index (χ1n) is 8.95. The summed E-state index contributed by atoms with van der Waals surface area (Å²) in [6.07, 6.45) is -0.388. The van der Waals surface area contributed by atoms with Gasteiger partial charge in [0.2, 0.25) is 5.91 Å². The number of methoxy groups -OCH3 is 1. The zero-order valence-electron chi connectivity index (χ0n) is 16.9. The Balaban J connectivity index is 2.19. The Labute approximate surface area is 173 Å². The number of halogens is 3. The van der Waals surface area contributed by atoms with Crippen LogP contribution in [0.3, 0.4) is 0 Å². The van der Waals surface area contributed by atoms with E-state index < -0.39 is 17.6 Å². The summed E-state index contributed by atoms with van der Waals surface area (Å²) in [6.45, 7) is 3.88. The molecule has 1 N–H and O–H groups in total. The Morgan fingerprint density at radius 3 is 2.50 bits per heavy atom. The number of carbonyl (C=O) groups is 1. The Bertz CT molecular complexity index is 938. The highest BCUT2D eigenvalue weighted by Gasteiger charge is 2.34. The second-order valence-electron chi connectivity index (χ2n) is 6.45. The van der Waals surface area contributed by atoms with Gasteiger partial charge in [0.05, 0.1) is 18.4 Å². The Hall–Kier alpha value is -3.42. The van der Waals surface area contributed by atoms with Crippen molar-refractivity contribution in [3.8, 4) is 11.5 Å². The largest absolute Gasteiger partial charge is 0.493 e. The van der Waals surface area contributed by atoms with E-state index in [9.17, 15) is 18.0 Å². The lowest BCUT2D eigenvalue weighted by molar-refractivity contribution is -0.136. The van der Waals surface area contributed by atoms with Crippen molar-refractivity contribution in [3.05, 3.63) is 66.3 Å². The number of amides is 1. The van der Waals surface area contributed by atoms with Crippen LogP contribution in [0.25, 0.3) is 6.08 Å². The number of nitrogens with zero attached hydrogens (tertiary/aromatic N) is 1. The van der Waals surface area contributed by atoms with Crippen molar-refractivity contribution in [2.24, 2.45) is 0 Å². The molecule has 0 radical (unpaired) electrons. The summed E-state index contributed by atoms with van der Waals surface area (Å²) in [5.41, 5.74) is -0.233. The maximum atomic E-state index is 13.4. The van der Waals surface area contributed by atoms with Crippen molar-refractivity contribution in [1.82, 2.24) is 0 Å². The lowest BCUT2D eigenvalue weighted by atomic mass is 10.1. The summed E-state index contributed by atoms with van der Waals surface area (Å²) in [5, 5.41) is 2.29. The van der Waals surface area contributed by atoms with Crippen molar-refractivity contribution >= 4 is 23.4 Å². The van der Waals surface area contributed by atoms with Gasteiger partial charge in [-0.05, 0) is 42.0 Å². The lowest BCUT2D eigenvalue weighted by Crippen LogP contribution is -2.16. The molecule has 0 aliphatic rings. The number of alkyl halides is 3. The zero-order chi connectivity index (χ0) is 22.3. The predicted molar refractivity (Wildman–Crippen MR) is 112 cm³/mol. The molecule has 0 unspecified atom stereocenters. The van der Waals surface area contributed by atoms with Crippen molar-refractivity contribution < 1.29 is 27.4 Å². The molecule has 2 aromatic carbocycles. The topological polar surface area (TPSA) is 50.8 Å². The van der Waals surface area contributed by atoms with Crippen LogP contribution in [0.15, 0.2) is 55.1 Å². The fraction of sp³-hybridized carbons (Fsp3) is 0.227. The molecule has 0 atom stereocenters. The summed E-state index contributed by atoms with van der Waals surface area (Å²) >= 11 is 0. The molecule has 0 aliphatic carbocycles. The van der Waals surface area contributed by atoms with E-state index in [1.807, 2.05) is 0 Å². The molecule has 0 aliphatic heterocycles. The maximum Gasteiger partial charge on any atom is 0.418 e. The standard InChI is InChI=1S/C22H23F3N2O3/c1-5-12-30-19-10-6-15(13-20(19)29-4)7-11-21(28)26-18-9-8-16(27(2)3)14-17(18)22(23,24)25/h5-11,13-14H,1,12H2,2-4H3,(H,26,28)/b11-7+. The quantitative estimate of drug-likeness (QED) is 0.483. The van der Waals surface area contributed by atoms with Gasteiger partial charge in [-0.2, -0.15) is 13.2 Å². The van der Waals surface area contributed by atoms with E-state index >= 15 is 0 Å². The molecule has 0 heterocycles. The summed E-state index contributed by atoms with van der Waals surface area (Å²) < 4.78 is 50.8. The average Bonchev–Trinajstić information content (AvgIpc) is 2.70. The SMILES string of the molecule is C=CCOc1ccc(/C=C/C(=O)Nc2ccc(N(C)C)cc2C(F)(F)F)cc1OC. The van der Waals surface area contributed by atoms with Crippen LogP contribution in [0, 0.1) is 0 Å². The van der Waals surface area contributed by atoms with Crippen LogP contribution in [-0.4, -0.2) is 33.7 Å². The highest BCUT2D eigenvalue weighted by Crippen LogP contribution is 2.37. The Morgan fingerprint density at radius 1 is 1.17 bits per heavy atom. The third-order valence-electron chi connectivity index (χ3n) is 4.05. The summed E-state index contributed by atoms with van der Waals surface area (Å²) in [4.78, 5) is 13.8. The monoisotopic (exact) mass is 420 g/mol. The number of nitrogens with one attached hydrogen (secondary N) is 1. The molecule has 0 saturated heterocycles. The van der Waals surface area contributed by atoms with Crippen molar-refractivity contribution in [2.45, 2.75) is 6.18 Å². The number of benzene rings is 2. The molecule has 8 heteroatoms. The third kappa shape index (κ3) is 6.04. The van der Waals surface area contributed by atoms with Gasteiger partial charge in [0.25, 0.3) is 0 Å². The van der Waals surface area contributed by atoms with Crippen LogP contribution >= 0.6 is 0 Å². The second kappa shape index (κ2) is 9.87. The Morgan fingerprint density at radius 2 is 1.90 bits per heavy atom. The number of anilines is 2. The Kier molecular flexibility index (Phi) is 7.52. The fourth-order valence-electron chi connectivity index (χ4n) is 2.56. The first kappa shape index (κ1) is 22.9. The van der Waals surface area contributed by atoms with Crippen molar-refractivity contribution in [3.63, 3.8) is 0 Å². The first-order chi connectivity index (χ1) is 14.2. The number of hydrogen-bond acceptors (Lipinski definition) is 4. The van der Waals surface area contributed by atoms with Crippen molar-refractivity contribution in [2.75, 3.05) is 38.0 Å². The number of hydrogen-bond donors (Lipinski definition) is 1. The van der Waals surface area contributed by atoms with E-state index in [2.05, 4.69) is 11.9 Å². The van der Waals surface area contributed by atoms with Crippen LogP contribution in [0.5, 0.6) is 11.5 Å². The number of ether oxygens (including phenoxy) is 2. The molecule has 30 heavy (non-hydrogen) atoms. The van der Waals surface area contributed by atoms with Gasteiger partial charge in [0.15, 0.2) is 11.5 Å². The average molecular weight is 420 g/mol. The van der Waals surface area contributed by atoms with E-state index in [1.165, 1.54) is 25.3 Å². The molecule has 2 aromatic rings. The van der Waals surface area contributed by atoms with Gasteiger partial charge in [-0.25, -0.2) is 0 Å². The highest BCUT2D eigenvalue weighted by atomic mass is 19.4. The minimum Gasteiger partial charge on any atom is -0.493 e. The van der Waals surface area contributed by atoms with Gasteiger partial charge in [-0.15, -0.1) is 0 Å². The molecule has 0 spiro atoms. The minimum atomic E-state index is -4.60. The van der Waals surface area contributed by atoms with E-state index in [1.54, 1.807) is 43.3 Å². The zero-order valence-corrected chi connectivity index (χ0v) is 16.9. The molecule has 0 aromatic heterocycles. The van der Waals surface area contributed by atoms with Crippen molar-refractivity contribution in [1.29, 1.82) is 0 Å². The molecular formula is C22H23F3N2O3. The van der Waals surface area contributed by atoms with Crippen LogP contribution in [-0.2, 0) is 11.0 Å². The predicted octanol–water partition coefficient (Wildman–Crippen LogP) is 5.00. The molecule has 0 bridgehead atoms. The van der Waals surface area contributed by atoms with E-state index in [4.69, 9.17) is 9.47 Å². The molecule has 5 nitrogen and oxygen atoms in total.